The van der Waals surface area contributed by atoms with Gasteiger partial charge in [0, 0.05) is 6.54 Å². The highest BCUT2D eigenvalue weighted by Crippen LogP contribution is 2.40. The quantitative estimate of drug-likeness (QED) is 0.543. The van der Waals surface area contributed by atoms with Crippen molar-refractivity contribution in [1.82, 2.24) is 9.97 Å². The molecule has 1 aliphatic heterocycles. The summed E-state index contributed by atoms with van der Waals surface area (Å²) in [5.74, 6) is 3.36. The van der Waals surface area contributed by atoms with E-state index in [1.165, 1.54) is 6.33 Å². The van der Waals surface area contributed by atoms with E-state index in [9.17, 15) is 0 Å². The van der Waals surface area contributed by atoms with Crippen LogP contribution < -0.4 is 19.5 Å². The average Bonchev–Trinajstić information content (AvgIpc) is 2.76. The fourth-order valence-electron chi connectivity index (χ4n) is 3.11. The van der Waals surface area contributed by atoms with Gasteiger partial charge in [0.2, 0.25) is 5.88 Å². The Morgan fingerprint density at radius 1 is 0.786 bits per heavy atom. The molecule has 6 heteroatoms. The molecule has 1 aliphatic rings. The number of aromatic nitrogens is 2. The smallest absolute Gasteiger partial charge is 0.234 e. The van der Waals surface area contributed by atoms with Crippen LogP contribution in [0, 0.1) is 0 Å². The van der Waals surface area contributed by atoms with E-state index in [4.69, 9.17) is 14.2 Å². The van der Waals surface area contributed by atoms with Crippen LogP contribution in [0.3, 0.4) is 0 Å². The molecule has 3 aromatic carbocycles. The lowest BCUT2D eigenvalue weighted by atomic mass is 10.1. The number of hydrogen-bond acceptors (Lipinski definition) is 6. The van der Waals surface area contributed by atoms with Gasteiger partial charge >= 0.3 is 0 Å². The molecule has 2 heterocycles. The Balaban J connectivity index is 1.44. The molecule has 1 aromatic heterocycles. The maximum atomic E-state index is 6.05. The van der Waals surface area contributed by atoms with Crippen LogP contribution in [0.5, 0.6) is 28.9 Å². The van der Waals surface area contributed by atoms with Gasteiger partial charge in [-0.25, -0.2) is 9.97 Å². The number of ether oxygens (including phenoxy) is 3. The molecule has 0 atom stereocenters. The Labute approximate surface area is 161 Å². The highest BCUT2D eigenvalue weighted by atomic mass is 16.5. The zero-order valence-corrected chi connectivity index (χ0v) is 15.0. The Morgan fingerprint density at radius 2 is 1.54 bits per heavy atom. The molecule has 138 valence electrons. The van der Waals surface area contributed by atoms with Crippen molar-refractivity contribution in [3.05, 3.63) is 73.1 Å². The van der Waals surface area contributed by atoms with Crippen LogP contribution in [0.25, 0.3) is 10.9 Å². The van der Waals surface area contributed by atoms with Crippen LogP contribution in [0.2, 0.25) is 0 Å². The number of hydrogen-bond donors (Lipinski definition) is 1. The van der Waals surface area contributed by atoms with Crippen molar-refractivity contribution in [3.8, 4) is 28.9 Å². The minimum absolute atomic E-state index is 0.460. The normalized spacial score (nSPS) is 12.6. The number of fused-ring (bicyclic) bond motifs is 3. The van der Waals surface area contributed by atoms with E-state index in [0.29, 0.717) is 18.2 Å². The van der Waals surface area contributed by atoms with E-state index >= 15 is 0 Å². The first-order valence-electron chi connectivity index (χ1n) is 9.02. The first-order chi connectivity index (χ1) is 13.9. The van der Waals surface area contributed by atoms with E-state index in [0.717, 1.165) is 40.4 Å². The Hall–Kier alpha value is -3.80. The molecule has 0 aliphatic carbocycles. The number of anilines is 1. The van der Waals surface area contributed by atoms with Crippen molar-refractivity contribution in [2.75, 3.05) is 18.5 Å². The predicted octanol–water partition coefficient (Wildman–Crippen LogP) is 5.02. The van der Waals surface area contributed by atoms with Crippen LogP contribution >= 0.6 is 0 Å². The summed E-state index contributed by atoms with van der Waals surface area (Å²) >= 11 is 0. The van der Waals surface area contributed by atoms with Crippen molar-refractivity contribution in [3.63, 3.8) is 0 Å². The average molecular weight is 371 g/mol. The molecule has 5 rings (SSSR count). The Morgan fingerprint density at radius 3 is 2.36 bits per heavy atom. The second-order valence-corrected chi connectivity index (χ2v) is 6.28. The third-order valence-electron chi connectivity index (χ3n) is 4.40. The van der Waals surface area contributed by atoms with Gasteiger partial charge in [-0.1, -0.05) is 18.2 Å². The van der Waals surface area contributed by atoms with Crippen LogP contribution in [0.15, 0.2) is 73.1 Å². The molecule has 0 bridgehead atoms. The molecule has 0 saturated carbocycles. The van der Waals surface area contributed by atoms with Gasteiger partial charge < -0.3 is 19.5 Å². The summed E-state index contributed by atoms with van der Waals surface area (Å²) in [6.07, 6.45) is 1.49. The summed E-state index contributed by atoms with van der Waals surface area (Å²) in [6, 6.07) is 21.0. The zero-order chi connectivity index (χ0) is 18.8. The third-order valence-corrected chi connectivity index (χ3v) is 4.40. The molecule has 0 saturated heterocycles. The fourth-order valence-corrected chi connectivity index (χ4v) is 3.11. The predicted molar refractivity (Wildman–Crippen MR) is 107 cm³/mol. The number of rotatable bonds is 4. The summed E-state index contributed by atoms with van der Waals surface area (Å²) in [5, 5.41) is 4.08. The van der Waals surface area contributed by atoms with Crippen molar-refractivity contribution in [2.24, 2.45) is 0 Å². The number of benzene rings is 3. The molecule has 0 radical (unpaired) electrons. The molecular formula is C22H17N3O3. The maximum Gasteiger partial charge on any atom is 0.234 e. The van der Waals surface area contributed by atoms with E-state index in [-0.39, 0.29) is 0 Å². The minimum atomic E-state index is 0.460. The van der Waals surface area contributed by atoms with Gasteiger partial charge in [-0.05, 0) is 48.5 Å². The van der Waals surface area contributed by atoms with Gasteiger partial charge in [-0.2, -0.15) is 0 Å². The molecule has 0 spiro atoms. The van der Waals surface area contributed by atoms with Gasteiger partial charge in [0.1, 0.15) is 35.6 Å². The molecule has 4 aromatic rings. The highest BCUT2D eigenvalue weighted by molar-refractivity contribution is 5.95. The summed E-state index contributed by atoms with van der Waals surface area (Å²) in [7, 11) is 0. The van der Waals surface area contributed by atoms with Gasteiger partial charge in [-0.15, -0.1) is 0 Å². The zero-order valence-electron chi connectivity index (χ0n) is 15.0. The van der Waals surface area contributed by atoms with Crippen molar-refractivity contribution >= 4 is 16.6 Å². The third kappa shape index (κ3) is 3.16. The number of nitrogens with zero attached hydrogens (tertiary/aromatic N) is 2. The van der Waals surface area contributed by atoms with Crippen LogP contribution in [0.1, 0.15) is 0 Å². The first-order valence-corrected chi connectivity index (χ1v) is 9.02. The Bertz CT molecular complexity index is 1120. The standard InChI is InChI=1S/C22H17N3O3/c1-2-4-15(5-3-1)27-16-6-8-17(9-7-16)28-22-20-18(24-14-25-22)10-11-19-21(20)26-13-12-23-19/h1-11,14,23H,12-13H2. The topological polar surface area (TPSA) is 65.5 Å². The van der Waals surface area contributed by atoms with E-state index in [2.05, 4.69) is 15.3 Å². The molecule has 6 nitrogen and oxygen atoms in total. The van der Waals surface area contributed by atoms with Gasteiger partial charge in [0.25, 0.3) is 0 Å². The van der Waals surface area contributed by atoms with Crippen molar-refractivity contribution < 1.29 is 14.2 Å². The fraction of sp³-hybridized carbons (Fsp3) is 0.0909. The molecule has 1 N–H and O–H groups in total. The van der Waals surface area contributed by atoms with E-state index in [1.807, 2.05) is 66.7 Å². The summed E-state index contributed by atoms with van der Waals surface area (Å²) in [6.45, 7) is 1.36. The second kappa shape index (κ2) is 7.08. The Kier molecular flexibility index (Phi) is 4.14. The molecule has 28 heavy (non-hydrogen) atoms. The molecule has 0 unspecified atom stereocenters. The van der Waals surface area contributed by atoms with Crippen LogP contribution in [-0.2, 0) is 0 Å². The largest absolute Gasteiger partial charge is 0.489 e. The van der Waals surface area contributed by atoms with Crippen molar-refractivity contribution in [2.45, 2.75) is 0 Å². The lowest BCUT2D eigenvalue weighted by molar-refractivity contribution is 0.326. The number of para-hydroxylation sites is 1. The van der Waals surface area contributed by atoms with Crippen LogP contribution in [-0.4, -0.2) is 23.1 Å². The summed E-state index contributed by atoms with van der Waals surface area (Å²) in [4.78, 5) is 8.66. The highest BCUT2D eigenvalue weighted by Gasteiger charge is 2.18. The SMILES string of the molecule is c1ccc(Oc2ccc(Oc3ncnc4ccc5c(c34)OCCN5)cc2)cc1. The van der Waals surface area contributed by atoms with Gasteiger partial charge in [0.05, 0.1) is 11.2 Å². The van der Waals surface area contributed by atoms with Gasteiger partial charge in [-0.3, -0.25) is 0 Å². The second-order valence-electron chi connectivity index (χ2n) is 6.28. The first kappa shape index (κ1) is 16.4. The minimum Gasteiger partial charge on any atom is -0.489 e. The van der Waals surface area contributed by atoms with Gasteiger partial charge in [0.15, 0.2) is 5.75 Å². The van der Waals surface area contributed by atoms with Crippen LogP contribution in [0.4, 0.5) is 5.69 Å². The van der Waals surface area contributed by atoms with E-state index in [1.54, 1.807) is 0 Å². The lowest BCUT2D eigenvalue weighted by Crippen LogP contribution is -2.18. The monoisotopic (exact) mass is 371 g/mol. The number of nitrogens with one attached hydrogen (secondary N) is 1. The summed E-state index contributed by atoms with van der Waals surface area (Å²) < 4.78 is 17.7. The maximum absolute atomic E-state index is 6.05. The molecule has 0 fully saturated rings. The van der Waals surface area contributed by atoms with Crippen molar-refractivity contribution in [1.29, 1.82) is 0 Å². The summed E-state index contributed by atoms with van der Waals surface area (Å²) in [5.41, 5.74) is 1.70. The van der Waals surface area contributed by atoms with E-state index < -0.39 is 0 Å². The molecular weight excluding hydrogens is 354 g/mol. The lowest BCUT2D eigenvalue weighted by Gasteiger charge is -2.21. The molecule has 0 amide bonds.